The van der Waals surface area contributed by atoms with E-state index >= 15 is 0 Å². The van der Waals surface area contributed by atoms with Crippen molar-refractivity contribution in [1.82, 2.24) is 19.6 Å². The van der Waals surface area contributed by atoms with Crippen LogP contribution < -0.4 is 0 Å². The van der Waals surface area contributed by atoms with E-state index < -0.39 is 5.97 Å². The molecule has 0 bridgehead atoms. The summed E-state index contributed by atoms with van der Waals surface area (Å²) in [5, 5.41) is 13.6. The third kappa shape index (κ3) is 5.67. The lowest BCUT2D eigenvalue weighted by Crippen LogP contribution is -2.48. The lowest BCUT2D eigenvalue weighted by Gasteiger charge is -2.41. The molecule has 0 radical (unpaired) electrons. The monoisotopic (exact) mass is 398 g/mol. The van der Waals surface area contributed by atoms with Crippen molar-refractivity contribution >= 4 is 5.97 Å². The zero-order valence-corrected chi connectivity index (χ0v) is 18.1. The molecule has 1 fully saturated rings. The predicted octanol–water partition coefficient (Wildman–Crippen LogP) is 3.61. The fourth-order valence-electron chi connectivity index (χ4n) is 4.36. The van der Waals surface area contributed by atoms with Crippen LogP contribution in [0.5, 0.6) is 0 Å². The highest BCUT2D eigenvalue weighted by Gasteiger charge is 2.30. The van der Waals surface area contributed by atoms with E-state index in [-0.39, 0.29) is 6.42 Å². The Morgan fingerprint density at radius 1 is 1.28 bits per heavy atom. The lowest BCUT2D eigenvalue weighted by molar-refractivity contribution is -0.137. The number of carboxylic acids is 1. The first-order valence-electron chi connectivity index (χ1n) is 10.6. The summed E-state index contributed by atoms with van der Waals surface area (Å²) >= 11 is 0. The van der Waals surface area contributed by atoms with Gasteiger partial charge in [0.1, 0.15) is 0 Å². The molecule has 6 nitrogen and oxygen atoms in total. The molecule has 1 aromatic carbocycles. The van der Waals surface area contributed by atoms with Gasteiger partial charge in [-0.1, -0.05) is 26.0 Å². The summed E-state index contributed by atoms with van der Waals surface area (Å²) in [4.78, 5) is 15.7. The van der Waals surface area contributed by atoms with Gasteiger partial charge in [0.25, 0.3) is 0 Å². The van der Waals surface area contributed by atoms with Gasteiger partial charge in [-0.05, 0) is 63.0 Å². The quantitative estimate of drug-likeness (QED) is 0.736. The molecule has 158 valence electrons. The third-order valence-corrected chi connectivity index (χ3v) is 6.04. The number of benzene rings is 1. The number of carboxylic acid groups (broad SMARTS) is 1. The largest absolute Gasteiger partial charge is 0.481 e. The molecule has 2 atom stereocenters. The fraction of sp³-hybridized carbons (Fsp3) is 0.565. The molecule has 0 aliphatic carbocycles. The van der Waals surface area contributed by atoms with Crippen molar-refractivity contribution < 1.29 is 9.90 Å². The van der Waals surface area contributed by atoms with Crippen LogP contribution in [0.2, 0.25) is 0 Å². The van der Waals surface area contributed by atoms with Gasteiger partial charge in [0.15, 0.2) is 0 Å². The summed E-state index contributed by atoms with van der Waals surface area (Å²) in [7, 11) is 4.20. The Bertz CT molecular complexity index is 797. The molecule has 2 heterocycles. The van der Waals surface area contributed by atoms with E-state index in [4.69, 9.17) is 5.11 Å². The van der Waals surface area contributed by atoms with E-state index in [1.807, 2.05) is 10.9 Å². The van der Waals surface area contributed by atoms with E-state index in [0.717, 1.165) is 38.2 Å². The summed E-state index contributed by atoms with van der Waals surface area (Å²) < 4.78 is 1.94. The van der Waals surface area contributed by atoms with Gasteiger partial charge in [0.05, 0.1) is 11.9 Å². The highest BCUT2D eigenvalue weighted by molar-refractivity contribution is 5.66. The summed E-state index contributed by atoms with van der Waals surface area (Å²) in [6, 6.07) is 9.03. The van der Waals surface area contributed by atoms with Crippen molar-refractivity contribution in [3.63, 3.8) is 0 Å². The van der Waals surface area contributed by atoms with E-state index in [2.05, 4.69) is 73.3 Å². The normalized spacial score (nSPS) is 20.5. The number of hydrogen-bond donors (Lipinski definition) is 1. The lowest BCUT2D eigenvalue weighted by atomic mass is 9.87. The Kier molecular flexibility index (Phi) is 7.09. The van der Waals surface area contributed by atoms with Crippen LogP contribution in [-0.2, 0) is 11.3 Å². The predicted molar refractivity (Wildman–Crippen MR) is 115 cm³/mol. The molecule has 3 rings (SSSR count). The molecule has 29 heavy (non-hydrogen) atoms. The highest BCUT2D eigenvalue weighted by Crippen LogP contribution is 2.26. The SMILES string of the molecule is CC(C)c1ccc(-n2cc(CN3CC[C@H](N(C)C)[C@H](CCC(=O)O)C3)cn2)cc1. The average molecular weight is 399 g/mol. The van der Waals surface area contributed by atoms with Gasteiger partial charge in [0.2, 0.25) is 0 Å². The van der Waals surface area contributed by atoms with Crippen molar-refractivity contribution in [1.29, 1.82) is 0 Å². The van der Waals surface area contributed by atoms with Gasteiger partial charge < -0.3 is 10.0 Å². The van der Waals surface area contributed by atoms with Crippen LogP contribution in [-0.4, -0.2) is 63.9 Å². The number of likely N-dealkylation sites (tertiary alicyclic amines) is 1. The molecule has 1 N–H and O–H groups in total. The van der Waals surface area contributed by atoms with Crippen molar-refractivity contribution in [3.05, 3.63) is 47.8 Å². The van der Waals surface area contributed by atoms with Gasteiger partial charge in [-0.2, -0.15) is 5.10 Å². The smallest absolute Gasteiger partial charge is 0.303 e. The molecule has 0 saturated carbocycles. The summed E-state index contributed by atoms with van der Waals surface area (Å²) in [5.74, 6) is 0.203. The molecular weight excluding hydrogens is 364 g/mol. The van der Waals surface area contributed by atoms with Crippen molar-refractivity contribution in [3.8, 4) is 5.69 Å². The van der Waals surface area contributed by atoms with Crippen LogP contribution in [0.4, 0.5) is 0 Å². The van der Waals surface area contributed by atoms with E-state index in [9.17, 15) is 4.79 Å². The second-order valence-electron chi connectivity index (χ2n) is 8.79. The molecule has 2 aromatic rings. The van der Waals surface area contributed by atoms with Gasteiger partial charge in [0, 0.05) is 37.3 Å². The number of nitrogens with zero attached hydrogens (tertiary/aromatic N) is 4. The van der Waals surface area contributed by atoms with E-state index in [1.54, 1.807) is 0 Å². The topological polar surface area (TPSA) is 61.6 Å². The number of aromatic nitrogens is 2. The molecule has 6 heteroatoms. The van der Waals surface area contributed by atoms with Crippen LogP contribution in [0.3, 0.4) is 0 Å². The van der Waals surface area contributed by atoms with Crippen molar-refractivity contribution in [2.24, 2.45) is 5.92 Å². The maximum atomic E-state index is 11.0. The molecular formula is C23H34N4O2. The standard InChI is InChI=1S/C23H34N4O2/c1-17(2)19-5-8-21(9-6-19)27-15-18(13-24-27)14-26-12-11-22(25(3)4)20(16-26)7-10-23(28)29/h5-6,8-9,13,15,17,20,22H,7,10-12,14,16H2,1-4H3,(H,28,29)/t20-,22+/m1/s1. The van der Waals surface area contributed by atoms with Gasteiger partial charge in [-0.15, -0.1) is 0 Å². The first-order valence-corrected chi connectivity index (χ1v) is 10.6. The minimum atomic E-state index is -0.704. The summed E-state index contributed by atoms with van der Waals surface area (Å²) in [6.45, 7) is 7.22. The molecule has 0 amide bonds. The van der Waals surface area contributed by atoms with Crippen LogP contribution in [0.25, 0.3) is 5.69 Å². The molecule has 1 saturated heterocycles. The maximum Gasteiger partial charge on any atom is 0.303 e. The van der Waals surface area contributed by atoms with E-state index in [0.29, 0.717) is 17.9 Å². The van der Waals surface area contributed by atoms with Crippen LogP contribution in [0.15, 0.2) is 36.7 Å². The molecule has 0 unspecified atom stereocenters. The fourth-order valence-corrected chi connectivity index (χ4v) is 4.36. The average Bonchev–Trinajstić information content (AvgIpc) is 3.14. The Morgan fingerprint density at radius 3 is 2.62 bits per heavy atom. The summed E-state index contributed by atoms with van der Waals surface area (Å²) in [6.07, 6.45) is 6.10. The Balaban J connectivity index is 1.63. The maximum absolute atomic E-state index is 11.0. The zero-order valence-electron chi connectivity index (χ0n) is 18.1. The number of hydrogen-bond acceptors (Lipinski definition) is 4. The minimum absolute atomic E-state index is 0.243. The molecule has 1 aromatic heterocycles. The first-order chi connectivity index (χ1) is 13.8. The van der Waals surface area contributed by atoms with Gasteiger partial charge in [-0.3, -0.25) is 9.69 Å². The Hall–Kier alpha value is -2.18. The van der Waals surface area contributed by atoms with Gasteiger partial charge >= 0.3 is 5.97 Å². The van der Waals surface area contributed by atoms with Crippen LogP contribution in [0, 0.1) is 5.92 Å². The van der Waals surface area contributed by atoms with Crippen LogP contribution in [0.1, 0.15) is 50.2 Å². The van der Waals surface area contributed by atoms with Crippen molar-refractivity contribution in [2.75, 3.05) is 27.2 Å². The first kappa shape index (κ1) is 21.5. The van der Waals surface area contributed by atoms with E-state index in [1.165, 1.54) is 11.1 Å². The number of aliphatic carboxylic acids is 1. The van der Waals surface area contributed by atoms with Crippen LogP contribution >= 0.6 is 0 Å². The molecule has 1 aliphatic rings. The second-order valence-corrected chi connectivity index (χ2v) is 8.79. The second kappa shape index (κ2) is 9.55. The Morgan fingerprint density at radius 2 is 2.00 bits per heavy atom. The third-order valence-electron chi connectivity index (χ3n) is 6.04. The summed E-state index contributed by atoms with van der Waals surface area (Å²) in [5.41, 5.74) is 3.60. The highest BCUT2D eigenvalue weighted by atomic mass is 16.4. The Labute approximate surface area is 174 Å². The molecule has 0 spiro atoms. The number of piperidine rings is 1. The zero-order chi connectivity index (χ0) is 21.0. The minimum Gasteiger partial charge on any atom is -0.481 e. The number of rotatable bonds is 8. The van der Waals surface area contributed by atoms with Gasteiger partial charge in [-0.25, -0.2) is 4.68 Å². The van der Waals surface area contributed by atoms with Crippen molar-refractivity contribution in [2.45, 2.75) is 51.6 Å². The molecule has 1 aliphatic heterocycles. The number of carbonyl (C=O) groups is 1.